The lowest BCUT2D eigenvalue weighted by Crippen LogP contribution is -2.30. The van der Waals surface area contributed by atoms with Gasteiger partial charge in [-0.05, 0) is 41.5 Å². The Hall–Kier alpha value is -1.74. The van der Waals surface area contributed by atoms with Crippen LogP contribution in [0.25, 0.3) is 11.1 Å². The average Bonchev–Trinajstić information content (AvgIpc) is 2.63. The first kappa shape index (κ1) is 18.1. The predicted octanol–water partition coefficient (Wildman–Crippen LogP) is 6.57. The van der Waals surface area contributed by atoms with Crippen molar-refractivity contribution in [1.29, 1.82) is 0 Å². The number of halogens is 2. The van der Waals surface area contributed by atoms with Crippen LogP contribution in [0.15, 0.2) is 48.5 Å². The van der Waals surface area contributed by atoms with Crippen molar-refractivity contribution in [2.45, 2.75) is 57.5 Å². The fourth-order valence-corrected chi connectivity index (χ4v) is 3.37. The van der Waals surface area contributed by atoms with E-state index in [-0.39, 0.29) is 18.9 Å². The minimum atomic E-state index is -2.95. The van der Waals surface area contributed by atoms with Crippen LogP contribution in [-0.2, 0) is 11.2 Å². The Morgan fingerprint density at radius 3 is 2.16 bits per heavy atom. The third-order valence-corrected chi connectivity index (χ3v) is 5.02. The molecule has 1 heterocycles. The van der Waals surface area contributed by atoms with E-state index < -0.39 is 6.11 Å². The van der Waals surface area contributed by atoms with Gasteiger partial charge in [-0.2, -0.15) is 8.78 Å². The van der Waals surface area contributed by atoms with Gasteiger partial charge in [-0.15, -0.1) is 0 Å². The van der Waals surface area contributed by atoms with Crippen molar-refractivity contribution in [3.63, 3.8) is 0 Å². The average molecular weight is 344 g/mol. The van der Waals surface area contributed by atoms with Crippen LogP contribution in [0.2, 0.25) is 0 Å². The Morgan fingerprint density at radius 1 is 0.960 bits per heavy atom. The van der Waals surface area contributed by atoms with Crippen molar-refractivity contribution in [2.24, 2.45) is 0 Å². The maximum Gasteiger partial charge on any atom is 0.355 e. The number of aryl methyl sites for hydroxylation is 1. The summed E-state index contributed by atoms with van der Waals surface area (Å²) in [5, 5.41) is 0. The highest BCUT2D eigenvalue weighted by Gasteiger charge is 2.36. The molecule has 0 amide bonds. The zero-order chi connectivity index (χ0) is 17.7. The maximum absolute atomic E-state index is 13.1. The van der Waals surface area contributed by atoms with Gasteiger partial charge in [0.25, 0.3) is 0 Å². The summed E-state index contributed by atoms with van der Waals surface area (Å²) in [5.74, 6) is 0.0645. The number of hydrogen-bond donors (Lipinski definition) is 0. The number of hydrogen-bond acceptors (Lipinski definition) is 1. The highest BCUT2D eigenvalue weighted by molar-refractivity contribution is 5.64. The first-order valence-corrected chi connectivity index (χ1v) is 9.28. The molecule has 0 N–H and O–H groups in total. The van der Waals surface area contributed by atoms with Crippen molar-refractivity contribution in [2.75, 3.05) is 6.61 Å². The Morgan fingerprint density at radius 2 is 1.60 bits per heavy atom. The molecule has 2 aromatic carbocycles. The van der Waals surface area contributed by atoms with Crippen LogP contribution < -0.4 is 0 Å². The molecule has 0 spiro atoms. The molecule has 1 unspecified atom stereocenters. The first-order chi connectivity index (χ1) is 12.1. The van der Waals surface area contributed by atoms with Crippen molar-refractivity contribution < 1.29 is 13.5 Å². The van der Waals surface area contributed by atoms with E-state index >= 15 is 0 Å². The molecule has 134 valence electrons. The largest absolute Gasteiger partial charge is 0.355 e. The van der Waals surface area contributed by atoms with Gasteiger partial charge in [0.1, 0.15) is 0 Å². The van der Waals surface area contributed by atoms with E-state index in [0.717, 1.165) is 17.5 Å². The molecule has 3 rings (SSSR count). The highest BCUT2D eigenvalue weighted by Crippen LogP contribution is 2.36. The molecule has 1 aliphatic rings. The fourth-order valence-electron chi connectivity index (χ4n) is 3.37. The Labute approximate surface area is 149 Å². The molecule has 0 bridgehead atoms. The van der Waals surface area contributed by atoms with Gasteiger partial charge in [-0.25, -0.2) is 0 Å². The number of unbranched alkanes of at least 4 members (excludes halogenated alkanes) is 2. The van der Waals surface area contributed by atoms with Crippen LogP contribution in [0.3, 0.4) is 0 Å². The molecular weight excluding hydrogens is 318 g/mol. The number of alkyl halides is 2. The summed E-state index contributed by atoms with van der Waals surface area (Å²) in [5.41, 5.74) is 4.81. The number of ether oxygens (including phenoxy) is 1. The molecule has 1 atom stereocenters. The smallest absolute Gasteiger partial charge is 0.320 e. The maximum atomic E-state index is 13.1. The third kappa shape index (κ3) is 4.88. The van der Waals surface area contributed by atoms with Crippen molar-refractivity contribution in [3.05, 3.63) is 59.7 Å². The zero-order valence-electron chi connectivity index (χ0n) is 14.8. The molecule has 3 heteroatoms. The summed E-state index contributed by atoms with van der Waals surface area (Å²) in [6.07, 6.45) is 2.23. The molecule has 25 heavy (non-hydrogen) atoms. The molecule has 0 aromatic heterocycles. The van der Waals surface area contributed by atoms with E-state index in [2.05, 4.69) is 48.1 Å². The first-order valence-electron chi connectivity index (χ1n) is 9.28. The quantitative estimate of drug-likeness (QED) is 0.538. The third-order valence-electron chi connectivity index (χ3n) is 5.02. The summed E-state index contributed by atoms with van der Waals surface area (Å²) in [6.45, 7) is 2.32. The summed E-state index contributed by atoms with van der Waals surface area (Å²) in [6, 6.07) is 17.0. The summed E-state index contributed by atoms with van der Waals surface area (Å²) in [4.78, 5) is 0. The van der Waals surface area contributed by atoms with E-state index in [0.29, 0.717) is 6.42 Å². The monoisotopic (exact) mass is 344 g/mol. The minimum absolute atomic E-state index is 0.0645. The molecule has 1 nitrogen and oxygen atoms in total. The van der Waals surface area contributed by atoms with Gasteiger partial charge < -0.3 is 4.74 Å². The van der Waals surface area contributed by atoms with Gasteiger partial charge in [0, 0.05) is 12.3 Å². The lowest BCUT2D eigenvalue weighted by atomic mass is 9.91. The standard InChI is InChI=1S/C22H26F2O/c1-2-3-4-5-17-6-8-18(9-7-17)19-10-12-20(13-11-19)21-14-15-22(23,24)25-16-21/h6-13,21H,2-5,14-16H2,1H3. The van der Waals surface area contributed by atoms with Crippen LogP contribution in [0.1, 0.15) is 56.1 Å². The molecule has 0 saturated carbocycles. The summed E-state index contributed by atoms with van der Waals surface area (Å²) >= 11 is 0. The molecule has 0 aliphatic carbocycles. The van der Waals surface area contributed by atoms with Gasteiger partial charge in [0.2, 0.25) is 0 Å². The van der Waals surface area contributed by atoms with Gasteiger partial charge in [0.05, 0.1) is 6.61 Å². The van der Waals surface area contributed by atoms with Crippen LogP contribution in [0.5, 0.6) is 0 Å². The molecule has 1 fully saturated rings. The summed E-state index contributed by atoms with van der Waals surface area (Å²) in [7, 11) is 0. The van der Waals surface area contributed by atoms with E-state index in [1.54, 1.807) is 0 Å². The van der Waals surface area contributed by atoms with Crippen LogP contribution in [0.4, 0.5) is 8.78 Å². The van der Waals surface area contributed by atoms with Crippen molar-refractivity contribution in [3.8, 4) is 11.1 Å². The second kappa shape index (κ2) is 8.09. The Balaban J connectivity index is 1.62. The lowest BCUT2D eigenvalue weighted by molar-refractivity contribution is -0.261. The Bertz CT molecular complexity index is 651. The molecule has 1 aliphatic heterocycles. The molecular formula is C22H26F2O. The zero-order valence-corrected chi connectivity index (χ0v) is 14.8. The topological polar surface area (TPSA) is 9.23 Å². The van der Waals surface area contributed by atoms with E-state index in [1.807, 2.05) is 12.1 Å². The Kier molecular flexibility index (Phi) is 5.85. The van der Waals surface area contributed by atoms with Crippen molar-refractivity contribution >= 4 is 0 Å². The van der Waals surface area contributed by atoms with Gasteiger partial charge in [0.15, 0.2) is 0 Å². The normalized spacial score (nSPS) is 19.7. The van der Waals surface area contributed by atoms with E-state index in [9.17, 15) is 8.78 Å². The minimum Gasteiger partial charge on any atom is -0.320 e. The SMILES string of the molecule is CCCCCc1ccc(-c2ccc(C3CCC(F)(F)OC3)cc2)cc1. The van der Waals surface area contributed by atoms with E-state index in [1.165, 1.54) is 30.4 Å². The summed E-state index contributed by atoms with van der Waals surface area (Å²) < 4.78 is 30.8. The molecule has 0 radical (unpaired) electrons. The lowest BCUT2D eigenvalue weighted by Gasteiger charge is -2.28. The van der Waals surface area contributed by atoms with Crippen LogP contribution in [-0.4, -0.2) is 12.7 Å². The molecule has 1 saturated heterocycles. The van der Waals surface area contributed by atoms with Crippen LogP contribution in [0, 0.1) is 0 Å². The number of rotatable bonds is 6. The van der Waals surface area contributed by atoms with E-state index in [4.69, 9.17) is 0 Å². The van der Waals surface area contributed by atoms with Gasteiger partial charge in [-0.1, -0.05) is 68.3 Å². The second-order valence-electron chi connectivity index (χ2n) is 6.96. The van der Waals surface area contributed by atoms with Crippen molar-refractivity contribution in [1.82, 2.24) is 0 Å². The van der Waals surface area contributed by atoms with Gasteiger partial charge >= 0.3 is 6.11 Å². The predicted molar refractivity (Wildman–Crippen MR) is 98.0 cm³/mol. The highest BCUT2D eigenvalue weighted by atomic mass is 19.3. The molecule has 2 aromatic rings. The fraction of sp³-hybridized carbons (Fsp3) is 0.455. The second-order valence-corrected chi connectivity index (χ2v) is 6.96. The number of benzene rings is 2. The van der Waals surface area contributed by atoms with Crippen LogP contribution >= 0.6 is 0 Å². The van der Waals surface area contributed by atoms with Gasteiger partial charge in [-0.3, -0.25) is 0 Å².